The Balaban J connectivity index is 1.35. The van der Waals surface area contributed by atoms with Gasteiger partial charge in [-0.3, -0.25) is 4.79 Å². The average Bonchev–Trinajstić information content (AvgIpc) is 3.08. The maximum absolute atomic E-state index is 12.4. The van der Waals surface area contributed by atoms with Gasteiger partial charge in [-0.2, -0.15) is 0 Å². The summed E-state index contributed by atoms with van der Waals surface area (Å²) in [7, 11) is 0. The minimum Gasteiger partial charge on any atom is -0.391 e. The summed E-state index contributed by atoms with van der Waals surface area (Å²) >= 11 is 0. The Hall–Kier alpha value is -2.91. The van der Waals surface area contributed by atoms with E-state index < -0.39 is 6.10 Å². The van der Waals surface area contributed by atoms with E-state index in [0.717, 1.165) is 19.3 Å². The molecule has 0 heterocycles. The number of benzene rings is 3. The molecule has 0 unspecified atom stereocenters. The number of rotatable bonds is 5. The largest absolute Gasteiger partial charge is 0.391 e. The van der Waals surface area contributed by atoms with Crippen LogP contribution in [0.3, 0.4) is 0 Å². The highest BCUT2D eigenvalue weighted by Gasteiger charge is 2.34. The molecule has 3 nitrogen and oxygen atoms in total. The fourth-order valence-corrected chi connectivity index (χ4v) is 4.08. The fourth-order valence-electron chi connectivity index (χ4n) is 4.08. The smallest absolute Gasteiger partial charge is 0.251 e. The van der Waals surface area contributed by atoms with Crippen molar-refractivity contribution >= 4 is 5.91 Å². The molecule has 0 saturated heterocycles. The number of carbonyl (C=O) groups is 1. The van der Waals surface area contributed by atoms with Crippen LogP contribution in [0.25, 0.3) is 11.1 Å². The third kappa shape index (κ3) is 4.32. The summed E-state index contributed by atoms with van der Waals surface area (Å²) in [6.45, 7) is 0. The van der Waals surface area contributed by atoms with Gasteiger partial charge >= 0.3 is 0 Å². The van der Waals surface area contributed by atoms with Gasteiger partial charge < -0.3 is 10.4 Å². The first-order chi connectivity index (χ1) is 13.7. The Morgan fingerprint density at radius 2 is 1.43 bits per heavy atom. The molecule has 28 heavy (non-hydrogen) atoms. The molecule has 1 fully saturated rings. The summed E-state index contributed by atoms with van der Waals surface area (Å²) in [5, 5.41) is 13.4. The van der Waals surface area contributed by atoms with Crippen LogP contribution in [0.4, 0.5) is 0 Å². The first kappa shape index (κ1) is 18.5. The molecule has 3 aromatic carbocycles. The van der Waals surface area contributed by atoms with Crippen molar-refractivity contribution in [1.29, 1.82) is 0 Å². The van der Waals surface area contributed by atoms with E-state index in [0.29, 0.717) is 11.5 Å². The first-order valence-corrected chi connectivity index (χ1v) is 9.87. The number of nitrogens with one attached hydrogen (secondary N) is 1. The maximum atomic E-state index is 12.4. The van der Waals surface area contributed by atoms with Crippen LogP contribution in [0.1, 0.15) is 28.8 Å². The number of hydrogen-bond acceptors (Lipinski definition) is 2. The third-order valence-corrected chi connectivity index (χ3v) is 5.56. The van der Waals surface area contributed by atoms with Gasteiger partial charge in [0, 0.05) is 5.56 Å². The Labute approximate surface area is 166 Å². The minimum absolute atomic E-state index is 0.113. The molecule has 3 aromatic rings. The van der Waals surface area contributed by atoms with E-state index in [2.05, 4.69) is 41.7 Å². The van der Waals surface area contributed by atoms with E-state index in [1.807, 2.05) is 36.4 Å². The van der Waals surface area contributed by atoms with Crippen LogP contribution in [0.2, 0.25) is 0 Å². The summed E-state index contributed by atoms with van der Waals surface area (Å²) in [6, 6.07) is 28.0. The second kappa shape index (κ2) is 8.41. The lowest BCUT2D eigenvalue weighted by Gasteiger charge is -2.16. The lowest BCUT2D eigenvalue weighted by Crippen LogP contribution is -2.39. The molecule has 3 atom stereocenters. The van der Waals surface area contributed by atoms with E-state index in [1.54, 1.807) is 12.1 Å². The highest BCUT2D eigenvalue weighted by molar-refractivity contribution is 5.94. The van der Waals surface area contributed by atoms with Crippen molar-refractivity contribution in [2.24, 2.45) is 5.92 Å². The Morgan fingerprint density at radius 3 is 2.11 bits per heavy atom. The predicted molar refractivity (Wildman–Crippen MR) is 112 cm³/mol. The molecule has 1 saturated carbocycles. The zero-order chi connectivity index (χ0) is 19.3. The predicted octanol–water partition coefficient (Wildman–Crippen LogP) is 4.47. The number of carbonyl (C=O) groups excluding carboxylic acids is 1. The first-order valence-electron chi connectivity index (χ1n) is 9.87. The van der Waals surface area contributed by atoms with Gasteiger partial charge in [0.1, 0.15) is 0 Å². The number of aliphatic hydroxyl groups is 1. The van der Waals surface area contributed by atoms with Gasteiger partial charge in [0.25, 0.3) is 5.91 Å². The van der Waals surface area contributed by atoms with Crippen molar-refractivity contribution < 1.29 is 9.90 Å². The monoisotopic (exact) mass is 371 g/mol. The summed E-state index contributed by atoms with van der Waals surface area (Å²) < 4.78 is 0. The highest BCUT2D eigenvalue weighted by atomic mass is 16.3. The highest BCUT2D eigenvalue weighted by Crippen LogP contribution is 2.30. The molecular formula is C25H25NO2. The van der Waals surface area contributed by atoms with Crippen molar-refractivity contribution in [3.63, 3.8) is 0 Å². The molecule has 1 aliphatic carbocycles. The van der Waals surface area contributed by atoms with E-state index >= 15 is 0 Å². The molecule has 0 aromatic heterocycles. The fraction of sp³-hybridized carbons (Fsp3) is 0.240. The number of aliphatic hydroxyl groups excluding tert-OH is 1. The molecule has 4 rings (SSSR count). The molecule has 142 valence electrons. The molecule has 1 aliphatic rings. The molecule has 0 aliphatic heterocycles. The van der Waals surface area contributed by atoms with Crippen LogP contribution in [0.15, 0.2) is 84.9 Å². The van der Waals surface area contributed by atoms with Gasteiger partial charge in [0.2, 0.25) is 0 Å². The Morgan fingerprint density at radius 1 is 0.821 bits per heavy atom. The van der Waals surface area contributed by atoms with E-state index in [1.165, 1.54) is 16.7 Å². The SMILES string of the molecule is O=C(N[C@@H]1C[C@H](Cc2ccc(-c3ccccc3)cc2)C[C@H]1O)c1ccccc1. The summed E-state index contributed by atoms with van der Waals surface area (Å²) in [5.74, 6) is 0.260. The zero-order valence-electron chi connectivity index (χ0n) is 15.8. The molecule has 2 N–H and O–H groups in total. The van der Waals surface area contributed by atoms with Crippen molar-refractivity contribution in [3.8, 4) is 11.1 Å². The molecular weight excluding hydrogens is 346 g/mol. The van der Waals surface area contributed by atoms with E-state index in [9.17, 15) is 9.90 Å². The summed E-state index contributed by atoms with van der Waals surface area (Å²) in [5.41, 5.74) is 4.33. The van der Waals surface area contributed by atoms with Gasteiger partial charge in [0.15, 0.2) is 0 Å². The van der Waals surface area contributed by atoms with Gasteiger partial charge in [-0.15, -0.1) is 0 Å². The second-order valence-electron chi connectivity index (χ2n) is 7.62. The quantitative estimate of drug-likeness (QED) is 0.695. The van der Waals surface area contributed by atoms with E-state index in [-0.39, 0.29) is 11.9 Å². The molecule has 3 heteroatoms. The maximum Gasteiger partial charge on any atom is 0.251 e. The second-order valence-corrected chi connectivity index (χ2v) is 7.62. The summed E-state index contributed by atoms with van der Waals surface area (Å²) in [6.07, 6.45) is 1.96. The Kier molecular flexibility index (Phi) is 5.54. The lowest BCUT2D eigenvalue weighted by molar-refractivity contribution is 0.0873. The summed E-state index contributed by atoms with van der Waals surface area (Å²) in [4.78, 5) is 12.4. The average molecular weight is 371 g/mol. The van der Waals surface area contributed by atoms with Gasteiger partial charge in [-0.1, -0.05) is 72.8 Å². The van der Waals surface area contributed by atoms with Gasteiger partial charge in [-0.05, 0) is 54.0 Å². The zero-order valence-corrected chi connectivity index (χ0v) is 15.8. The van der Waals surface area contributed by atoms with Crippen molar-refractivity contribution in [3.05, 3.63) is 96.1 Å². The normalized spacial score (nSPS) is 21.4. The van der Waals surface area contributed by atoms with Gasteiger partial charge in [0.05, 0.1) is 12.1 Å². The van der Waals surface area contributed by atoms with Crippen LogP contribution in [-0.4, -0.2) is 23.2 Å². The molecule has 0 spiro atoms. The van der Waals surface area contributed by atoms with Crippen LogP contribution in [-0.2, 0) is 6.42 Å². The van der Waals surface area contributed by atoms with Crippen LogP contribution < -0.4 is 5.32 Å². The van der Waals surface area contributed by atoms with Crippen molar-refractivity contribution in [2.45, 2.75) is 31.4 Å². The third-order valence-electron chi connectivity index (χ3n) is 5.56. The number of hydrogen-bond donors (Lipinski definition) is 2. The van der Waals surface area contributed by atoms with Crippen molar-refractivity contribution in [2.75, 3.05) is 0 Å². The van der Waals surface area contributed by atoms with Crippen molar-refractivity contribution in [1.82, 2.24) is 5.32 Å². The van der Waals surface area contributed by atoms with Crippen LogP contribution in [0, 0.1) is 5.92 Å². The van der Waals surface area contributed by atoms with E-state index in [4.69, 9.17) is 0 Å². The lowest BCUT2D eigenvalue weighted by atomic mass is 9.96. The standard InChI is InChI=1S/C25H25NO2/c27-24-17-19(16-23(24)26-25(28)22-9-5-2-6-10-22)15-18-11-13-21(14-12-18)20-7-3-1-4-8-20/h1-14,19,23-24,27H,15-17H2,(H,26,28)/t19-,23+,24+/m0/s1. The minimum atomic E-state index is -0.485. The molecule has 0 radical (unpaired) electrons. The Bertz CT molecular complexity index is 906. The van der Waals surface area contributed by atoms with Gasteiger partial charge in [-0.25, -0.2) is 0 Å². The number of amides is 1. The molecule has 1 amide bonds. The van der Waals surface area contributed by atoms with Crippen LogP contribution >= 0.6 is 0 Å². The van der Waals surface area contributed by atoms with Crippen LogP contribution in [0.5, 0.6) is 0 Å². The topological polar surface area (TPSA) is 49.3 Å². The molecule has 0 bridgehead atoms.